The Balaban J connectivity index is 1.56. The normalized spacial score (nSPS) is 16.5. The molecule has 166 valence electrons. The molecule has 0 bridgehead atoms. The summed E-state index contributed by atoms with van der Waals surface area (Å²) in [6, 6.07) is 9.02. The van der Waals surface area contributed by atoms with Crippen LogP contribution < -0.4 is 10.2 Å². The zero-order valence-electron chi connectivity index (χ0n) is 17.3. The third-order valence-corrected chi connectivity index (χ3v) is 5.61. The first-order valence-electron chi connectivity index (χ1n) is 9.89. The van der Waals surface area contributed by atoms with Crippen LogP contribution in [0.3, 0.4) is 0 Å². The highest BCUT2D eigenvalue weighted by molar-refractivity contribution is 6.04. The number of halogens is 3. The monoisotopic (exact) mass is 443 g/mol. The second kappa shape index (κ2) is 8.10. The summed E-state index contributed by atoms with van der Waals surface area (Å²) in [5, 5.41) is 6.20. The molecule has 4 rings (SSSR count). The molecular formula is C22H20F3N5O2. The second-order valence-electron chi connectivity index (χ2n) is 7.68. The highest BCUT2D eigenvalue weighted by Gasteiger charge is 2.38. The van der Waals surface area contributed by atoms with Gasteiger partial charge in [-0.3, -0.25) is 9.59 Å². The number of alkyl halides is 3. The Kier molecular flexibility index (Phi) is 5.45. The number of nitrogens with zero attached hydrogens (tertiary/aromatic N) is 4. The Hall–Kier alpha value is -3.69. The number of nitrogens with one attached hydrogen (secondary N) is 1. The van der Waals surface area contributed by atoms with Gasteiger partial charge in [-0.25, -0.2) is 9.67 Å². The van der Waals surface area contributed by atoms with Gasteiger partial charge in [0, 0.05) is 18.7 Å². The van der Waals surface area contributed by atoms with Crippen LogP contribution >= 0.6 is 0 Å². The molecule has 7 nitrogen and oxygen atoms in total. The SMILES string of the molecule is Cc1cccc(N2C[C@H](C(=O)Nc3ccc(-n4cncn4)cc3C(F)(F)F)CC2=O)c1C. The van der Waals surface area contributed by atoms with Crippen molar-refractivity contribution in [3.05, 3.63) is 65.7 Å². The van der Waals surface area contributed by atoms with E-state index in [1.165, 1.54) is 34.4 Å². The van der Waals surface area contributed by atoms with Crippen LogP contribution in [-0.4, -0.2) is 33.1 Å². The topological polar surface area (TPSA) is 80.1 Å². The van der Waals surface area contributed by atoms with Crippen molar-refractivity contribution in [1.29, 1.82) is 0 Å². The van der Waals surface area contributed by atoms with Gasteiger partial charge in [-0.05, 0) is 49.2 Å². The molecule has 0 radical (unpaired) electrons. The van der Waals surface area contributed by atoms with Crippen LogP contribution in [0.2, 0.25) is 0 Å². The molecule has 2 amide bonds. The highest BCUT2D eigenvalue weighted by Crippen LogP contribution is 2.37. The average Bonchev–Trinajstić information content (AvgIpc) is 3.40. The van der Waals surface area contributed by atoms with Gasteiger partial charge in [0.15, 0.2) is 0 Å². The van der Waals surface area contributed by atoms with E-state index in [0.29, 0.717) is 5.69 Å². The minimum absolute atomic E-state index is 0.0718. The first-order chi connectivity index (χ1) is 15.1. The lowest BCUT2D eigenvalue weighted by atomic mass is 10.1. The summed E-state index contributed by atoms with van der Waals surface area (Å²) < 4.78 is 42.2. The fourth-order valence-electron chi connectivity index (χ4n) is 3.74. The van der Waals surface area contributed by atoms with Crippen molar-refractivity contribution in [1.82, 2.24) is 14.8 Å². The van der Waals surface area contributed by atoms with Crippen molar-refractivity contribution < 1.29 is 22.8 Å². The van der Waals surface area contributed by atoms with Gasteiger partial charge in [0.05, 0.1) is 22.9 Å². The maximum Gasteiger partial charge on any atom is 0.418 e. The van der Waals surface area contributed by atoms with Crippen molar-refractivity contribution in [3.63, 3.8) is 0 Å². The Bertz CT molecular complexity index is 1170. The molecule has 2 aromatic carbocycles. The van der Waals surface area contributed by atoms with Crippen molar-refractivity contribution >= 4 is 23.2 Å². The lowest BCUT2D eigenvalue weighted by Crippen LogP contribution is -2.29. The fourth-order valence-corrected chi connectivity index (χ4v) is 3.74. The van der Waals surface area contributed by atoms with E-state index < -0.39 is 23.6 Å². The molecule has 1 N–H and O–H groups in total. The summed E-state index contributed by atoms with van der Waals surface area (Å²) in [7, 11) is 0. The van der Waals surface area contributed by atoms with Gasteiger partial charge in [0.1, 0.15) is 12.7 Å². The summed E-state index contributed by atoms with van der Waals surface area (Å²) in [5.41, 5.74) is 1.41. The standard InChI is InChI=1S/C22H20F3N5O2/c1-13-4-3-5-19(14(13)2)29-10-15(8-20(29)31)21(32)28-18-7-6-16(30-12-26-11-27-30)9-17(18)22(23,24)25/h3-7,9,11-12,15H,8,10H2,1-2H3,(H,28,32)/t15-/m1/s1. The number of aromatic nitrogens is 3. The largest absolute Gasteiger partial charge is 0.418 e. The molecule has 3 aromatic rings. The van der Waals surface area contributed by atoms with Gasteiger partial charge in [0.2, 0.25) is 11.8 Å². The number of carbonyl (C=O) groups excluding carboxylic acids is 2. The average molecular weight is 443 g/mol. The van der Waals surface area contributed by atoms with Gasteiger partial charge >= 0.3 is 6.18 Å². The molecule has 2 heterocycles. The van der Waals surface area contributed by atoms with E-state index in [4.69, 9.17) is 0 Å². The van der Waals surface area contributed by atoms with E-state index in [0.717, 1.165) is 17.2 Å². The van der Waals surface area contributed by atoms with E-state index in [1.54, 1.807) is 6.07 Å². The third kappa shape index (κ3) is 4.08. The number of amides is 2. The van der Waals surface area contributed by atoms with Crippen LogP contribution in [-0.2, 0) is 15.8 Å². The molecule has 32 heavy (non-hydrogen) atoms. The van der Waals surface area contributed by atoms with Crippen molar-refractivity contribution in [3.8, 4) is 5.69 Å². The van der Waals surface area contributed by atoms with Gasteiger partial charge in [-0.2, -0.15) is 18.3 Å². The van der Waals surface area contributed by atoms with E-state index in [9.17, 15) is 22.8 Å². The highest BCUT2D eigenvalue weighted by atomic mass is 19.4. The molecule has 0 saturated carbocycles. The molecule has 0 unspecified atom stereocenters. The first-order valence-corrected chi connectivity index (χ1v) is 9.89. The first kappa shape index (κ1) is 21.5. The van der Waals surface area contributed by atoms with Crippen molar-refractivity contribution in [2.24, 2.45) is 5.92 Å². The van der Waals surface area contributed by atoms with Crippen LogP contribution in [0.1, 0.15) is 23.1 Å². The Labute approximate surface area is 181 Å². The number of anilines is 2. The summed E-state index contributed by atoms with van der Waals surface area (Å²) in [6.45, 7) is 3.91. The summed E-state index contributed by atoms with van der Waals surface area (Å²) in [5.74, 6) is -1.64. The molecule has 1 fully saturated rings. The second-order valence-corrected chi connectivity index (χ2v) is 7.68. The van der Waals surface area contributed by atoms with Crippen LogP contribution in [0.4, 0.5) is 24.5 Å². The number of aryl methyl sites for hydroxylation is 1. The number of hydrogen-bond donors (Lipinski definition) is 1. The fraction of sp³-hybridized carbons (Fsp3) is 0.273. The lowest BCUT2D eigenvalue weighted by Gasteiger charge is -2.20. The van der Waals surface area contributed by atoms with Crippen LogP contribution in [0, 0.1) is 19.8 Å². The third-order valence-electron chi connectivity index (χ3n) is 5.61. The predicted molar refractivity (Wildman–Crippen MR) is 111 cm³/mol. The van der Waals surface area contributed by atoms with Crippen LogP contribution in [0.15, 0.2) is 49.1 Å². The van der Waals surface area contributed by atoms with Gasteiger partial charge in [0.25, 0.3) is 0 Å². The molecule has 10 heteroatoms. The maximum atomic E-state index is 13.7. The van der Waals surface area contributed by atoms with Gasteiger partial charge in [-0.1, -0.05) is 12.1 Å². The zero-order chi connectivity index (χ0) is 23.0. The Morgan fingerprint density at radius 1 is 1.19 bits per heavy atom. The molecule has 1 aromatic heterocycles. The zero-order valence-corrected chi connectivity index (χ0v) is 17.3. The molecule has 0 spiro atoms. The van der Waals surface area contributed by atoms with E-state index >= 15 is 0 Å². The number of rotatable bonds is 4. The number of hydrogen-bond acceptors (Lipinski definition) is 4. The summed E-state index contributed by atoms with van der Waals surface area (Å²) in [6.07, 6.45) is -2.28. The molecule has 1 aliphatic rings. The minimum atomic E-state index is -4.70. The molecule has 0 aliphatic carbocycles. The van der Waals surface area contributed by atoms with Crippen molar-refractivity contribution in [2.75, 3.05) is 16.8 Å². The van der Waals surface area contributed by atoms with Crippen molar-refractivity contribution in [2.45, 2.75) is 26.4 Å². The number of benzene rings is 2. The number of carbonyl (C=O) groups is 2. The quantitative estimate of drug-likeness (QED) is 0.664. The smallest absolute Gasteiger partial charge is 0.325 e. The minimum Gasteiger partial charge on any atom is -0.325 e. The lowest BCUT2D eigenvalue weighted by molar-refractivity contribution is -0.137. The summed E-state index contributed by atoms with van der Waals surface area (Å²) in [4.78, 5) is 30.6. The van der Waals surface area contributed by atoms with Crippen LogP contribution in [0.5, 0.6) is 0 Å². The molecule has 1 aliphatic heterocycles. The van der Waals surface area contributed by atoms with Gasteiger partial charge < -0.3 is 10.2 Å². The van der Waals surface area contributed by atoms with E-state index in [2.05, 4.69) is 15.4 Å². The molecule has 1 atom stereocenters. The van der Waals surface area contributed by atoms with Gasteiger partial charge in [-0.15, -0.1) is 0 Å². The van der Waals surface area contributed by atoms with E-state index in [1.807, 2.05) is 26.0 Å². The Morgan fingerprint density at radius 2 is 1.97 bits per heavy atom. The predicted octanol–water partition coefficient (Wildman–Crippen LogP) is 3.89. The molecule has 1 saturated heterocycles. The molecular weight excluding hydrogens is 423 g/mol. The Morgan fingerprint density at radius 3 is 2.66 bits per heavy atom. The summed E-state index contributed by atoms with van der Waals surface area (Å²) >= 11 is 0. The maximum absolute atomic E-state index is 13.7. The van der Waals surface area contributed by atoms with E-state index in [-0.39, 0.29) is 30.2 Å². The van der Waals surface area contributed by atoms with Crippen LogP contribution in [0.25, 0.3) is 5.69 Å².